The SMILES string of the molecule is Cc1ccc(F)c(OC2(C(=O)O)CCN(Cc3cccc(C)n3)CC2)c1. The van der Waals surface area contributed by atoms with Crippen molar-refractivity contribution in [1.29, 1.82) is 0 Å². The van der Waals surface area contributed by atoms with E-state index in [9.17, 15) is 14.3 Å². The van der Waals surface area contributed by atoms with Crippen molar-refractivity contribution in [2.24, 2.45) is 0 Å². The van der Waals surface area contributed by atoms with Crippen molar-refractivity contribution < 1.29 is 19.0 Å². The summed E-state index contributed by atoms with van der Waals surface area (Å²) in [7, 11) is 0. The van der Waals surface area contributed by atoms with Crippen LogP contribution < -0.4 is 4.74 Å². The number of aromatic nitrogens is 1. The minimum Gasteiger partial charge on any atom is -0.478 e. The number of ether oxygens (including phenoxy) is 1. The number of pyridine rings is 1. The predicted octanol–water partition coefficient (Wildman–Crippen LogP) is 3.34. The highest BCUT2D eigenvalue weighted by Gasteiger charge is 2.44. The van der Waals surface area contributed by atoms with Gasteiger partial charge in [-0.2, -0.15) is 0 Å². The highest BCUT2D eigenvalue weighted by atomic mass is 19.1. The van der Waals surface area contributed by atoms with E-state index in [0.29, 0.717) is 32.5 Å². The molecule has 0 spiro atoms. The van der Waals surface area contributed by atoms with Gasteiger partial charge in [-0.15, -0.1) is 0 Å². The van der Waals surface area contributed by atoms with E-state index in [1.165, 1.54) is 6.07 Å². The zero-order valence-corrected chi connectivity index (χ0v) is 15.0. The second-order valence-electron chi connectivity index (χ2n) is 6.88. The molecule has 1 fully saturated rings. The van der Waals surface area contributed by atoms with Crippen LogP contribution >= 0.6 is 0 Å². The van der Waals surface area contributed by atoms with Crippen molar-refractivity contribution in [2.45, 2.75) is 38.8 Å². The maximum absolute atomic E-state index is 14.0. The summed E-state index contributed by atoms with van der Waals surface area (Å²) in [5, 5.41) is 9.74. The van der Waals surface area contributed by atoms with Crippen LogP contribution in [0.4, 0.5) is 4.39 Å². The van der Waals surface area contributed by atoms with Gasteiger partial charge in [0.15, 0.2) is 11.6 Å². The summed E-state index contributed by atoms with van der Waals surface area (Å²) in [5.74, 6) is -1.59. The van der Waals surface area contributed by atoms with Crippen LogP contribution in [0, 0.1) is 19.7 Å². The summed E-state index contributed by atoms with van der Waals surface area (Å²) >= 11 is 0. The highest BCUT2D eigenvalue weighted by Crippen LogP contribution is 2.31. The van der Waals surface area contributed by atoms with Crippen LogP contribution in [0.1, 0.15) is 29.8 Å². The predicted molar refractivity (Wildman–Crippen MR) is 95.6 cm³/mol. The van der Waals surface area contributed by atoms with Gasteiger partial charge in [-0.3, -0.25) is 9.88 Å². The van der Waals surface area contributed by atoms with Crippen LogP contribution in [0.3, 0.4) is 0 Å². The van der Waals surface area contributed by atoms with Gasteiger partial charge in [0.05, 0.1) is 5.69 Å². The number of benzene rings is 1. The average molecular weight is 358 g/mol. The Morgan fingerprint density at radius 2 is 2.00 bits per heavy atom. The molecule has 1 saturated heterocycles. The topological polar surface area (TPSA) is 62.7 Å². The molecule has 0 bridgehead atoms. The van der Waals surface area contributed by atoms with Gasteiger partial charge in [0, 0.05) is 38.2 Å². The zero-order chi connectivity index (χ0) is 18.7. The van der Waals surface area contributed by atoms with E-state index in [1.807, 2.05) is 32.0 Å². The molecule has 2 heterocycles. The number of likely N-dealkylation sites (tertiary alicyclic amines) is 1. The van der Waals surface area contributed by atoms with Crippen LogP contribution in [0.2, 0.25) is 0 Å². The first-order valence-corrected chi connectivity index (χ1v) is 8.71. The van der Waals surface area contributed by atoms with Crippen molar-refractivity contribution in [2.75, 3.05) is 13.1 Å². The number of aryl methyl sites for hydroxylation is 2. The molecular weight excluding hydrogens is 335 g/mol. The quantitative estimate of drug-likeness (QED) is 0.888. The summed E-state index contributed by atoms with van der Waals surface area (Å²) in [6.07, 6.45) is 0.586. The van der Waals surface area contributed by atoms with Gasteiger partial charge in [0.2, 0.25) is 5.60 Å². The van der Waals surface area contributed by atoms with Crippen molar-refractivity contribution in [1.82, 2.24) is 9.88 Å². The standard InChI is InChI=1S/C20H23FN2O3/c1-14-6-7-17(21)18(12-14)26-20(19(24)25)8-10-23(11-9-20)13-16-5-3-4-15(2)22-16/h3-7,12H,8-11,13H2,1-2H3,(H,24,25). The first-order valence-electron chi connectivity index (χ1n) is 8.71. The Morgan fingerprint density at radius 3 is 2.65 bits per heavy atom. The van der Waals surface area contributed by atoms with Gasteiger partial charge in [-0.1, -0.05) is 12.1 Å². The van der Waals surface area contributed by atoms with Crippen molar-refractivity contribution in [3.63, 3.8) is 0 Å². The fourth-order valence-electron chi connectivity index (χ4n) is 3.25. The van der Waals surface area contributed by atoms with Gasteiger partial charge >= 0.3 is 5.97 Å². The van der Waals surface area contributed by atoms with Gasteiger partial charge in [-0.25, -0.2) is 9.18 Å². The number of hydrogen-bond donors (Lipinski definition) is 1. The first-order chi connectivity index (χ1) is 12.4. The van der Waals surface area contributed by atoms with Crippen LogP contribution in [0.15, 0.2) is 36.4 Å². The fraction of sp³-hybridized carbons (Fsp3) is 0.400. The molecule has 1 aromatic carbocycles. The van der Waals surface area contributed by atoms with Crippen LogP contribution in [-0.4, -0.2) is 39.7 Å². The lowest BCUT2D eigenvalue weighted by Crippen LogP contribution is -2.53. The molecule has 0 saturated carbocycles. The average Bonchev–Trinajstić information content (AvgIpc) is 2.60. The Kier molecular flexibility index (Phi) is 5.23. The minimum atomic E-state index is -1.40. The van der Waals surface area contributed by atoms with E-state index in [0.717, 1.165) is 17.0 Å². The number of carboxylic acids is 1. The normalized spacial score (nSPS) is 17.0. The molecule has 0 unspecified atom stereocenters. The van der Waals surface area contributed by atoms with E-state index in [4.69, 9.17) is 4.74 Å². The second-order valence-corrected chi connectivity index (χ2v) is 6.88. The highest BCUT2D eigenvalue weighted by molar-refractivity contribution is 5.78. The monoisotopic (exact) mass is 358 g/mol. The fourth-order valence-corrected chi connectivity index (χ4v) is 3.25. The molecule has 0 radical (unpaired) electrons. The number of aliphatic carboxylic acids is 1. The molecule has 5 nitrogen and oxygen atoms in total. The summed E-state index contributed by atoms with van der Waals surface area (Å²) in [6.45, 7) is 5.53. The number of carboxylic acid groups (broad SMARTS) is 1. The number of nitrogens with zero attached hydrogens (tertiary/aromatic N) is 2. The van der Waals surface area contributed by atoms with Crippen molar-refractivity contribution >= 4 is 5.97 Å². The smallest absolute Gasteiger partial charge is 0.348 e. The molecule has 1 aliphatic heterocycles. The maximum Gasteiger partial charge on any atom is 0.348 e. The number of hydrogen-bond acceptors (Lipinski definition) is 4. The molecule has 1 aliphatic rings. The molecule has 6 heteroatoms. The van der Waals surface area contributed by atoms with Gasteiger partial charge < -0.3 is 9.84 Å². The molecule has 1 aromatic heterocycles. The van der Waals surface area contributed by atoms with Gasteiger partial charge in [0.25, 0.3) is 0 Å². The molecule has 3 rings (SSSR count). The van der Waals surface area contributed by atoms with E-state index in [2.05, 4.69) is 9.88 Å². The Balaban J connectivity index is 1.70. The largest absolute Gasteiger partial charge is 0.478 e. The Morgan fingerprint density at radius 1 is 1.27 bits per heavy atom. The van der Waals surface area contributed by atoms with Crippen LogP contribution in [-0.2, 0) is 11.3 Å². The minimum absolute atomic E-state index is 0.00111. The second kappa shape index (κ2) is 7.41. The maximum atomic E-state index is 14.0. The molecule has 2 aromatic rings. The van der Waals surface area contributed by atoms with Crippen LogP contribution in [0.5, 0.6) is 5.75 Å². The molecular formula is C20H23FN2O3. The third kappa shape index (κ3) is 4.02. The van der Waals surface area contributed by atoms with Crippen molar-refractivity contribution in [3.8, 4) is 5.75 Å². The Bertz CT molecular complexity index is 801. The number of halogens is 1. The number of piperidine rings is 1. The van der Waals surface area contributed by atoms with Crippen molar-refractivity contribution in [3.05, 3.63) is 59.2 Å². The lowest BCUT2D eigenvalue weighted by Gasteiger charge is -2.38. The molecule has 1 N–H and O–H groups in total. The third-order valence-electron chi connectivity index (χ3n) is 4.78. The number of rotatable bonds is 5. The van der Waals surface area contributed by atoms with E-state index >= 15 is 0 Å². The van der Waals surface area contributed by atoms with Crippen LogP contribution in [0.25, 0.3) is 0 Å². The lowest BCUT2D eigenvalue weighted by molar-refractivity contribution is -0.160. The number of carbonyl (C=O) groups is 1. The Labute approximate surface area is 152 Å². The zero-order valence-electron chi connectivity index (χ0n) is 15.0. The third-order valence-corrected chi connectivity index (χ3v) is 4.78. The summed E-state index contributed by atoms with van der Waals surface area (Å²) in [6, 6.07) is 10.4. The Hall–Kier alpha value is -2.47. The molecule has 26 heavy (non-hydrogen) atoms. The van der Waals surface area contributed by atoms with Gasteiger partial charge in [-0.05, 0) is 43.7 Å². The van der Waals surface area contributed by atoms with E-state index in [-0.39, 0.29) is 5.75 Å². The summed E-state index contributed by atoms with van der Waals surface area (Å²) < 4.78 is 19.7. The molecule has 138 valence electrons. The summed E-state index contributed by atoms with van der Waals surface area (Å²) in [4.78, 5) is 18.5. The molecule has 0 atom stereocenters. The molecule has 0 aliphatic carbocycles. The van der Waals surface area contributed by atoms with E-state index < -0.39 is 17.4 Å². The lowest BCUT2D eigenvalue weighted by atomic mass is 9.91. The molecule has 0 amide bonds. The first kappa shape index (κ1) is 18.3. The summed E-state index contributed by atoms with van der Waals surface area (Å²) in [5.41, 5.74) is 1.34. The van der Waals surface area contributed by atoms with E-state index in [1.54, 1.807) is 12.1 Å². The van der Waals surface area contributed by atoms with Gasteiger partial charge in [0.1, 0.15) is 0 Å².